The highest BCUT2D eigenvalue weighted by Crippen LogP contribution is 2.30. The van der Waals surface area contributed by atoms with Crippen LogP contribution in [0.2, 0.25) is 0 Å². The number of nitrogens with zero attached hydrogens (tertiary/aromatic N) is 4. The highest BCUT2D eigenvalue weighted by atomic mass is 16.4. The van der Waals surface area contributed by atoms with Crippen LogP contribution < -0.4 is 10.8 Å². The highest BCUT2D eigenvalue weighted by Gasteiger charge is 2.34. The van der Waals surface area contributed by atoms with Crippen molar-refractivity contribution in [2.24, 2.45) is 0 Å². The van der Waals surface area contributed by atoms with Crippen molar-refractivity contribution in [2.45, 2.75) is 25.3 Å². The van der Waals surface area contributed by atoms with Gasteiger partial charge in [0.05, 0.1) is 28.2 Å². The Morgan fingerprint density at radius 1 is 1.10 bits per heavy atom. The zero-order valence-corrected chi connectivity index (χ0v) is 16.4. The van der Waals surface area contributed by atoms with Crippen LogP contribution in [0.4, 0.5) is 4.79 Å². The number of aromatic nitrogens is 3. The Balaban J connectivity index is 1.57. The van der Waals surface area contributed by atoms with Gasteiger partial charge in [-0.15, -0.1) is 0 Å². The molecule has 0 unspecified atom stereocenters. The predicted molar refractivity (Wildman–Crippen MR) is 112 cm³/mol. The van der Waals surface area contributed by atoms with Crippen LogP contribution in [0.25, 0.3) is 27.4 Å². The van der Waals surface area contributed by atoms with E-state index in [2.05, 4.69) is 10.1 Å². The smallest absolute Gasteiger partial charge is 0.407 e. The first-order valence-corrected chi connectivity index (χ1v) is 9.79. The summed E-state index contributed by atoms with van der Waals surface area (Å²) in [6.45, 7) is 2.94. The molecule has 1 amide bonds. The van der Waals surface area contributed by atoms with Crippen LogP contribution in [0, 0.1) is 0 Å². The van der Waals surface area contributed by atoms with Gasteiger partial charge in [0.15, 0.2) is 0 Å². The van der Waals surface area contributed by atoms with Gasteiger partial charge in [0, 0.05) is 29.9 Å². The van der Waals surface area contributed by atoms with E-state index in [9.17, 15) is 14.7 Å². The van der Waals surface area contributed by atoms with Gasteiger partial charge in [0.25, 0.3) is 5.56 Å². The number of piperidine rings is 1. The predicted octanol–water partition coefficient (Wildman–Crippen LogP) is 2.30. The quantitative estimate of drug-likeness (QED) is 0.531. The molecule has 0 bridgehead atoms. The zero-order chi connectivity index (χ0) is 21.0. The maximum absolute atomic E-state index is 12.1. The Bertz CT molecular complexity index is 1390. The fourth-order valence-electron chi connectivity index (χ4n) is 4.34. The average Bonchev–Trinajstić information content (AvgIpc) is 3.35. The van der Waals surface area contributed by atoms with Crippen molar-refractivity contribution in [3.63, 3.8) is 0 Å². The van der Waals surface area contributed by atoms with E-state index in [-0.39, 0.29) is 16.9 Å². The number of hydrogen-bond donors (Lipinski definition) is 2. The Morgan fingerprint density at radius 3 is 2.57 bits per heavy atom. The topological polar surface area (TPSA) is 109 Å². The second-order valence-electron chi connectivity index (χ2n) is 8.07. The van der Waals surface area contributed by atoms with Gasteiger partial charge < -0.3 is 15.1 Å². The molecule has 2 N–H and O–H groups in total. The molecule has 8 heteroatoms. The Kier molecular flexibility index (Phi) is 3.92. The number of hydrogen-bond acceptors (Lipinski definition) is 5. The number of rotatable bonds is 2. The molecule has 152 valence electrons. The molecule has 2 aromatic carbocycles. The summed E-state index contributed by atoms with van der Waals surface area (Å²) in [5, 5.41) is 27.4. The molecule has 3 heterocycles. The van der Waals surface area contributed by atoms with E-state index in [4.69, 9.17) is 5.11 Å². The third-order valence-electron chi connectivity index (χ3n) is 6.25. The summed E-state index contributed by atoms with van der Waals surface area (Å²) in [5.41, 5.74) is 0.604. The molecule has 1 fully saturated rings. The summed E-state index contributed by atoms with van der Waals surface area (Å²) in [4.78, 5) is 28.7. The third kappa shape index (κ3) is 2.67. The summed E-state index contributed by atoms with van der Waals surface area (Å²) in [6, 6.07) is 8.92. The molecule has 5 rings (SSSR count). The van der Waals surface area contributed by atoms with Crippen LogP contribution in [-0.2, 0) is 5.54 Å². The van der Waals surface area contributed by atoms with Gasteiger partial charge in [-0.3, -0.25) is 9.48 Å². The van der Waals surface area contributed by atoms with E-state index >= 15 is 0 Å². The minimum Gasteiger partial charge on any atom is -0.507 e. The largest absolute Gasteiger partial charge is 0.507 e. The van der Waals surface area contributed by atoms with Crippen molar-refractivity contribution < 1.29 is 15.0 Å². The number of benzene rings is 2. The van der Waals surface area contributed by atoms with E-state index in [1.54, 1.807) is 36.7 Å². The molecule has 1 saturated heterocycles. The molecule has 2 aromatic heterocycles. The molecular formula is C22H20N4O4. The zero-order valence-electron chi connectivity index (χ0n) is 16.4. The number of likely N-dealkylation sites (tertiary alicyclic amines) is 1. The van der Waals surface area contributed by atoms with Crippen molar-refractivity contribution >= 4 is 33.5 Å². The van der Waals surface area contributed by atoms with Gasteiger partial charge in [-0.05, 0) is 43.4 Å². The molecule has 0 saturated carbocycles. The van der Waals surface area contributed by atoms with E-state index in [0.717, 1.165) is 10.8 Å². The molecular weight excluding hydrogens is 384 g/mol. The number of aliphatic hydroxyl groups excluding tert-OH is 1. The van der Waals surface area contributed by atoms with Crippen LogP contribution >= 0.6 is 0 Å². The van der Waals surface area contributed by atoms with Gasteiger partial charge in [-0.2, -0.15) is 5.10 Å². The summed E-state index contributed by atoms with van der Waals surface area (Å²) < 4.78 is 1.82. The maximum atomic E-state index is 12.1. The van der Waals surface area contributed by atoms with Crippen LogP contribution in [0.1, 0.15) is 25.3 Å². The second kappa shape index (κ2) is 6.41. The number of aliphatic hydroxyl groups is 1. The molecule has 30 heavy (non-hydrogen) atoms. The number of carbonyl (C=O) groups is 1. The minimum absolute atomic E-state index is 0.0795. The Morgan fingerprint density at radius 2 is 1.83 bits per heavy atom. The summed E-state index contributed by atoms with van der Waals surface area (Å²) >= 11 is 0. The monoisotopic (exact) mass is 404 g/mol. The molecule has 0 aliphatic carbocycles. The van der Waals surface area contributed by atoms with Crippen LogP contribution in [0.3, 0.4) is 0 Å². The fraction of sp³-hybridized carbons (Fsp3) is 0.273. The molecule has 4 aromatic rings. The van der Waals surface area contributed by atoms with Gasteiger partial charge >= 0.3 is 6.09 Å². The summed E-state index contributed by atoms with van der Waals surface area (Å²) in [7, 11) is 0. The lowest BCUT2D eigenvalue weighted by atomic mass is 9.90. The van der Waals surface area contributed by atoms with Crippen molar-refractivity contribution in [3.8, 4) is 0 Å². The van der Waals surface area contributed by atoms with Crippen LogP contribution in [0.15, 0.2) is 47.5 Å². The lowest BCUT2D eigenvalue weighted by molar-refractivity contribution is 0.0955. The lowest BCUT2D eigenvalue weighted by Gasteiger charge is -2.38. The van der Waals surface area contributed by atoms with Crippen LogP contribution in [0.5, 0.6) is 0 Å². The van der Waals surface area contributed by atoms with Gasteiger partial charge in [-0.25, -0.2) is 9.78 Å². The molecule has 0 atom stereocenters. The van der Waals surface area contributed by atoms with Crippen molar-refractivity contribution in [1.29, 1.82) is 0 Å². The SMILES string of the molecule is CC1(n2cc(C(O)=c3ccc4nc(=O)c5cccc3c45)cn2)CCN(C(=O)O)CC1. The Labute approximate surface area is 171 Å². The standard InChI is InChI=1S/C22H20N4O4/c1-22(7-9-25(10-8-22)21(29)30)26-12-13(11-23-26)19(27)15-5-6-17-18-14(15)3-2-4-16(18)20(28)24-17/h2-6,11-12,27H,7-10H2,1H3,(H,29,30). The van der Waals surface area contributed by atoms with Crippen molar-refractivity contribution in [1.82, 2.24) is 19.7 Å². The van der Waals surface area contributed by atoms with E-state index in [1.807, 2.05) is 17.7 Å². The number of carboxylic acid groups (broad SMARTS) is 1. The maximum Gasteiger partial charge on any atom is 0.407 e. The first-order valence-electron chi connectivity index (χ1n) is 9.79. The first-order chi connectivity index (χ1) is 14.4. The van der Waals surface area contributed by atoms with E-state index in [1.165, 1.54) is 4.90 Å². The van der Waals surface area contributed by atoms with Gasteiger partial charge in [-0.1, -0.05) is 12.1 Å². The molecule has 0 spiro atoms. The summed E-state index contributed by atoms with van der Waals surface area (Å²) in [5.74, 6) is 0.0795. The first kappa shape index (κ1) is 18.4. The highest BCUT2D eigenvalue weighted by molar-refractivity contribution is 6.09. The van der Waals surface area contributed by atoms with Crippen molar-refractivity contribution in [2.75, 3.05) is 13.1 Å². The number of amides is 1. The second-order valence-corrected chi connectivity index (χ2v) is 8.07. The molecule has 1 aliphatic rings. The lowest BCUT2D eigenvalue weighted by Crippen LogP contribution is -2.46. The fourth-order valence-corrected chi connectivity index (χ4v) is 4.34. The van der Waals surface area contributed by atoms with Gasteiger partial charge in [0.1, 0.15) is 5.76 Å². The molecule has 8 nitrogen and oxygen atoms in total. The van der Waals surface area contributed by atoms with Gasteiger partial charge in [0.2, 0.25) is 0 Å². The molecule has 1 aliphatic heterocycles. The van der Waals surface area contributed by atoms with E-state index in [0.29, 0.717) is 47.6 Å². The normalized spacial score (nSPS) is 17.6. The minimum atomic E-state index is -0.901. The summed E-state index contributed by atoms with van der Waals surface area (Å²) in [6.07, 6.45) is 3.80. The van der Waals surface area contributed by atoms with E-state index < -0.39 is 6.09 Å². The average molecular weight is 404 g/mol. The molecule has 0 radical (unpaired) electrons. The third-order valence-corrected chi connectivity index (χ3v) is 6.25. The van der Waals surface area contributed by atoms with Crippen LogP contribution in [-0.4, -0.2) is 49.1 Å². The Hall–Kier alpha value is -3.68. The van der Waals surface area contributed by atoms with Crippen molar-refractivity contribution in [3.05, 3.63) is 63.9 Å².